The topological polar surface area (TPSA) is 63.2 Å². The molecular weight excluding hydrogens is 505 g/mol. The molecule has 0 aliphatic carbocycles. The highest BCUT2D eigenvalue weighted by molar-refractivity contribution is 14.0. The van der Waals surface area contributed by atoms with Crippen molar-refractivity contribution in [1.82, 2.24) is 10.2 Å². The molecule has 1 aliphatic rings. The molecule has 6 nitrogen and oxygen atoms in total. The summed E-state index contributed by atoms with van der Waals surface area (Å²) < 4.78 is 10.7. The van der Waals surface area contributed by atoms with Gasteiger partial charge in [0.25, 0.3) is 0 Å². The SMILES string of the molecule is CCNC(=NCc1ccc(C(=O)OC)cc1)N1CCC(COCc2ccccc2)C1.I. The Morgan fingerprint density at radius 1 is 1.13 bits per heavy atom. The molecule has 0 amide bonds. The van der Waals surface area contributed by atoms with Crippen LogP contribution in [-0.2, 0) is 22.6 Å². The third kappa shape index (κ3) is 7.81. The summed E-state index contributed by atoms with van der Waals surface area (Å²) in [6.07, 6.45) is 1.10. The number of halogens is 1. The largest absolute Gasteiger partial charge is 0.465 e. The van der Waals surface area contributed by atoms with Crippen LogP contribution in [0.4, 0.5) is 0 Å². The van der Waals surface area contributed by atoms with E-state index in [4.69, 9.17) is 14.5 Å². The monoisotopic (exact) mass is 537 g/mol. The molecule has 168 valence electrons. The predicted molar refractivity (Wildman–Crippen MR) is 134 cm³/mol. The molecule has 0 saturated carbocycles. The van der Waals surface area contributed by atoms with Crippen LogP contribution in [0.1, 0.15) is 34.8 Å². The standard InChI is InChI=1S/C24H31N3O3.HI/c1-3-25-24(26-15-19-9-11-22(12-10-19)23(28)29-2)27-14-13-21(16-27)18-30-17-20-7-5-4-6-8-20;/h4-12,21H,3,13-18H2,1-2H3,(H,25,26);1H. The van der Waals surface area contributed by atoms with Crippen LogP contribution >= 0.6 is 24.0 Å². The Bertz CT molecular complexity index is 828. The van der Waals surface area contributed by atoms with Gasteiger partial charge in [0.1, 0.15) is 0 Å². The Labute approximate surface area is 202 Å². The van der Waals surface area contributed by atoms with Crippen LogP contribution in [0.25, 0.3) is 0 Å². The van der Waals surface area contributed by atoms with Gasteiger partial charge in [0.15, 0.2) is 5.96 Å². The molecule has 1 heterocycles. The maximum absolute atomic E-state index is 11.6. The lowest BCUT2D eigenvalue weighted by Crippen LogP contribution is -2.40. The van der Waals surface area contributed by atoms with Crippen molar-refractivity contribution < 1.29 is 14.3 Å². The number of rotatable bonds is 8. The van der Waals surface area contributed by atoms with Crippen molar-refractivity contribution in [2.24, 2.45) is 10.9 Å². The van der Waals surface area contributed by atoms with E-state index in [1.54, 1.807) is 12.1 Å². The Hall–Kier alpha value is -2.13. The van der Waals surface area contributed by atoms with Crippen molar-refractivity contribution in [2.75, 3.05) is 33.4 Å². The molecule has 0 spiro atoms. The Kier molecular flexibility index (Phi) is 10.8. The Morgan fingerprint density at radius 2 is 1.87 bits per heavy atom. The first kappa shape index (κ1) is 25.1. The second kappa shape index (κ2) is 13.3. The lowest BCUT2D eigenvalue weighted by molar-refractivity contribution is 0.0600. The summed E-state index contributed by atoms with van der Waals surface area (Å²) in [5.41, 5.74) is 2.82. The summed E-state index contributed by atoms with van der Waals surface area (Å²) in [5, 5.41) is 3.40. The number of methoxy groups -OCH3 is 1. The van der Waals surface area contributed by atoms with Crippen molar-refractivity contribution in [2.45, 2.75) is 26.5 Å². The number of benzene rings is 2. The number of nitrogens with zero attached hydrogens (tertiary/aromatic N) is 2. The van der Waals surface area contributed by atoms with E-state index in [0.29, 0.717) is 24.6 Å². The van der Waals surface area contributed by atoms with Gasteiger partial charge < -0.3 is 19.7 Å². The molecule has 7 heteroatoms. The van der Waals surface area contributed by atoms with Crippen LogP contribution < -0.4 is 5.32 Å². The molecule has 0 radical (unpaired) electrons. The molecule has 1 aliphatic heterocycles. The minimum atomic E-state index is -0.323. The van der Waals surface area contributed by atoms with E-state index in [1.165, 1.54) is 12.7 Å². The first-order chi connectivity index (χ1) is 14.7. The van der Waals surface area contributed by atoms with E-state index in [0.717, 1.165) is 44.2 Å². The first-order valence-electron chi connectivity index (χ1n) is 10.5. The van der Waals surface area contributed by atoms with E-state index in [2.05, 4.69) is 29.3 Å². The first-order valence-corrected chi connectivity index (χ1v) is 10.5. The minimum Gasteiger partial charge on any atom is -0.465 e. The van der Waals surface area contributed by atoms with Gasteiger partial charge in [0, 0.05) is 25.6 Å². The summed E-state index contributed by atoms with van der Waals surface area (Å²) in [5.74, 6) is 1.12. The van der Waals surface area contributed by atoms with E-state index in [-0.39, 0.29) is 29.9 Å². The normalized spacial score (nSPS) is 16.0. The zero-order chi connectivity index (χ0) is 21.2. The van der Waals surface area contributed by atoms with Gasteiger partial charge in [0.05, 0.1) is 32.4 Å². The number of hydrogen-bond acceptors (Lipinski definition) is 4. The maximum atomic E-state index is 11.6. The fourth-order valence-corrected chi connectivity index (χ4v) is 3.53. The summed E-state index contributed by atoms with van der Waals surface area (Å²) in [6.45, 7) is 6.82. The second-order valence-corrected chi connectivity index (χ2v) is 7.46. The van der Waals surface area contributed by atoms with E-state index in [9.17, 15) is 4.79 Å². The molecule has 2 aromatic rings. The molecule has 1 N–H and O–H groups in total. The third-order valence-corrected chi connectivity index (χ3v) is 5.17. The fraction of sp³-hybridized carbons (Fsp3) is 0.417. The van der Waals surface area contributed by atoms with Crippen molar-refractivity contribution in [1.29, 1.82) is 0 Å². The molecule has 31 heavy (non-hydrogen) atoms. The highest BCUT2D eigenvalue weighted by Crippen LogP contribution is 2.18. The molecule has 1 atom stereocenters. The average Bonchev–Trinajstić information content (AvgIpc) is 3.26. The second-order valence-electron chi connectivity index (χ2n) is 7.46. The predicted octanol–water partition coefficient (Wildman–Crippen LogP) is 4.10. The van der Waals surface area contributed by atoms with Crippen LogP contribution in [0.3, 0.4) is 0 Å². The maximum Gasteiger partial charge on any atom is 0.337 e. The number of guanidine groups is 1. The molecule has 1 fully saturated rings. The van der Waals surface area contributed by atoms with Gasteiger partial charge in [-0.2, -0.15) is 0 Å². The molecule has 0 bridgehead atoms. The lowest BCUT2D eigenvalue weighted by Gasteiger charge is -2.21. The number of ether oxygens (including phenoxy) is 2. The third-order valence-electron chi connectivity index (χ3n) is 5.17. The number of nitrogens with one attached hydrogen (secondary N) is 1. The number of aliphatic imine (C=N–C) groups is 1. The highest BCUT2D eigenvalue weighted by Gasteiger charge is 2.25. The summed E-state index contributed by atoms with van der Waals surface area (Å²) in [7, 11) is 1.39. The van der Waals surface area contributed by atoms with Crippen LogP contribution in [0.2, 0.25) is 0 Å². The van der Waals surface area contributed by atoms with Gasteiger partial charge in [-0.1, -0.05) is 42.5 Å². The zero-order valence-electron chi connectivity index (χ0n) is 18.3. The van der Waals surface area contributed by atoms with Crippen molar-refractivity contribution in [3.63, 3.8) is 0 Å². The molecule has 1 unspecified atom stereocenters. The minimum absolute atomic E-state index is 0. The number of hydrogen-bond donors (Lipinski definition) is 1. The van der Waals surface area contributed by atoms with Gasteiger partial charge in [-0.3, -0.25) is 0 Å². The molecule has 3 rings (SSSR count). The van der Waals surface area contributed by atoms with Gasteiger partial charge in [-0.15, -0.1) is 24.0 Å². The zero-order valence-corrected chi connectivity index (χ0v) is 20.6. The van der Waals surface area contributed by atoms with E-state index in [1.807, 2.05) is 30.3 Å². The Balaban J connectivity index is 0.00000341. The molecular formula is C24H32IN3O3. The molecule has 2 aromatic carbocycles. The van der Waals surface area contributed by atoms with Crippen molar-refractivity contribution in [3.8, 4) is 0 Å². The number of carbonyl (C=O) groups is 1. The lowest BCUT2D eigenvalue weighted by atomic mass is 10.1. The molecule has 1 saturated heterocycles. The van der Waals surface area contributed by atoms with Crippen LogP contribution in [0.15, 0.2) is 59.6 Å². The van der Waals surface area contributed by atoms with Gasteiger partial charge in [0.2, 0.25) is 0 Å². The van der Waals surface area contributed by atoms with E-state index >= 15 is 0 Å². The van der Waals surface area contributed by atoms with Crippen LogP contribution in [0, 0.1) is 5.92 Å². The summed E-state index contributed by atoms with van der Waals surface area (Å²) in [4.78, 5) is 18.7. The average molecular weight is 537 g/mol. The van der Waals surface area contributed by atoms with Gasteiger partial charge in [-0.25, -0.2) is 9.79 Å². The van der Waals surface area contributed by atoms with Crippen molar-refractivity contribution in [3.05, 3.63) is 71.3 Å². The highest BCUT2D eigenvalue weighted by atomic mass is 127. The fourth-order valence-electron chi connectivity index (χ4n) is 3.53. The number of likely N-dealkylation sites (tertiary alicyclic amines) is 1. The van der Waals surface area contributed by atoms with E-state index < -0.39 is 0 Å². The number of carbonyl (C=O) groups excluding carboxylic acids is 1. The number of esters is 1. The Morgan fingerprint density at radius 3 is 2.55 bits per heavy atom. The van der Waals surface area contributed by atoms with Crippen LogP contribution in [0.5, 0.6) is 0 Å². The smallest absolute Gasteiger partial charge is 0.337 e. The van der Waals surface area contributed by atoms with Gasteiger partial charge >= 0.3 is 5.97 Å². The summed E-state index contributed by atoms with van der Waals surface area (Å²) in [6, 6.07) is 17.7. The van der Waals surface area contributed by atoms with Crippen LogP contribution in [-0.4, -0.2) is 50.2 Å². The van der Waals surface area contributed by atoms with Gasteiger partial charge in [-0.05, 0) is 36.6 Å². The summed E-state index contributed by atoms with van der Waals surface area (Å²) >= 11 is 0. The van der Waals surface area contributed by atoms with Crippen molar-refractivity contribution >= 4 is 35.9 Å². The quantitative estimate of drug-likeness (QED) is 0.238. The molecule has 0 aromatic heterocycles.